The Morgan fingerprint density at radius 3 is 2.56 bits per heavy atom. The Bertz CT molecular complexity index is 373. The van der Waals surface area contributed by atoms with Crippen LogP contribution in [-0.4, -0.2) is 18.5 Å². The monoisotopic (exact) mass is 218 g/mol. The Labute approximate surface area is 96.2 Å². The molecule has 1 atom stereocenters. The molecule has 0 bridgehead atoms. The summed E-state index contributed by atoms with van der Waals surface area (Å²) < 4.78 is 0. The van der Waals surface area contributed by atoms with E-state index in [2.05, 4.69) is 24.5 Å². The summed E-state index contributed by atoms with van der Waals surface area (Å²) in [6, 6.07) is 10.0. The Kier molecular flexibility index (Phi) is 2.97. The van der Waals surface area contributed by atoms with Crippen LogP contribution in [0.25, 0.3) is 0 Å². The molecule has 1 aromatic rings. The molecular formula is C13H18N2O. The van der Waals surface area contributed by atoms with Gasteiger partial charge >= 0.3 is 0 Å². The van der Waals surface area contributed by atoms with E-state index in [1.807, 2.05) is 30.3 Å². The Balaban J connectivity index is 1.73. The van der Waals surface area contributed by atoms with E-state index in [1.54, 1.807) is 0 Å². The van der Waals surface area contributed by atoms with E-state index in [0.29, 0.717) is 18.0 Å². The van der Waals surface area contributed by atoms with Crippen LogP contribution in [0.15, 0.2) is 30.3 Å². The number of para-hydroxylation sites is 1. The molecule has 3 nitrogen and oxygen atoms in total. The summed E-state index contributed by atoms with van der Waals surface area (Å²) in [5.41, 5.74) is 1.22. The second kappa shape index (κ2) is 4.26. The molecular weight excluding hydrogens is 200 g/mol. The number of carbonyl (C=O) groups excluding carboxylic acids is 1. The van der Waals surface area contributed by atoms with Gasteiger partial charge in [-0.1, -0.05) is 32.0 Å². The van der Waals surface area contributed by atoms with Crippen LogP contribution in [0.4, 0.5) is 5.69 Å². The molecule has 0 heterocycles. The third-order valence-corrected chi connectivity index (χ3v) is 3.08. The third kappa shape index (κ3) is 2.83. The summed E-state index contributed by atoms with van der Waals surface area (Å²) in [4.78, 5) is 11.6. The fourth-order valence-corrected chi connectivity index (χ4v) is 1.76. The van der Waals surface area contributed by atoms with Gasteiger partial charge in [-0.15, -0.1) is 0 Å². The first-order chi connectivity index (χ1) is 7.58. The van der Waals surface area contributed by atoms with Crippen molar-refractivity contribution in [3.63, 3.8) is 0 Å². The van der Waals surface area contributed by atoms with Gasteiger partial charge in [-0.25, -0.2) is 0 Å². The first-order valence-electron chi connectivity index (χ1n) is 5.66. The zero-order chi connectivity index (χ0) is 11.6. The first kappa shape index (κ1) is 11.1. The Morgan fingerprint density at radius 2 is 2.00 bits per heavy atom. The molecule has 1 saturated carbocycles. The average Bonchev–Trinajstić information content (AvgIpc) is 2.85. The van der Waals surface area contributed by atoms with Crippen molar-refractivity contribution in [2.24, 2.45) is 5.41 Å². The van der Waals surface area contributed by atoms with Crippen LogP contribution in [-0.2, 0) is 4.79 Å². The molecule has 0 saturated heterocycles. The summed E-state index contributed by atoms with van der Waals surface area (Å²) in [6.45, 7) is 4.81. The van der Waals surface area contributed by atoms with Crippen LogP contribution in [0.1, 0.15) is 20.3 Å². The maximum atomic E-state index is 11.6. The Morgan fingerprint density at radius 1 is 1.38 bits per heavy atom. The van der Waals surface area contributed by atoms with Crippen molar-refractivity contribution in [1.82, 2.24) is 5.32 Å². The highest BCUT2D eigenvalue weighted by Gasteiger charge is 2.45. The molecule has 0 aromatic heterocycles. The Hall–Kier alpha value is -1.35. The van der Waals surface area contributed by atoms with Crippen molar-refractivity contribution in [3.05, 3.63) is 30.3 Å². The lowest BCUT2D eigenvalue weighted by Gasteiger charge is -2.07. The van der Waals surface area contributed by atoms with E-state index >= 15 is 0 Å². The molecule has 1 aromatic carbocycles. The van der Waals surface area contributed by atoms with E-state index in [0.717, 1.165) is 12.1 Å². The molecule has 1 aliphatic carbocycles. The molecule has 1 aliphatic rings. The van der Waals surface area contributed by atoms with Gasteiger partial charge in [0.2, 0.25) is 5.91 Å². The quantitative estimate of drug-likeness (QED) is 0.811. The molecule has 0 radical (unpaired) electrons. The van der Waals surface area contributed by atoms with Crippen LogP contribution in [0.5, 0.6) is 0 Å². The second-order valence-corrected chi connectivity index (χ2v) is 5.04. The van der Waals surface area contributed by atoms with Crippen molar-refractivity contribution in [1.29, 1.82) is 0 Å². The predicted octanol–water partition coefficient (Wildman–Crippen LogP) is 2.01. The summed E-state index contributed by atoms with van der Waals surface area (Å²) >= 11 is 0. The van der Waals surface area contributed by atoms with E-state index in [-0.39, 0.29) is 5.91 Å². The van der Waals surface area contributed by atoms with Gasteiger partial charge in [-0.2, -0.15) is 0 Å². The van der Waals surface area contributed by atoms with Crippen LogP contribution in [0.3, 0.4) is 0 Å². The summed E-state index contributed by atoms with van der Waals surface area (Å²) in [6.07, 6.45) is 1.16. The number of carbonyl (C=O) groups is 1. The molecule has 1 amide bonds. The predicted molar refractivity (Wildman–Crippen MR) is 65.3 cm³/mol. The molecule has 2 N–H and O–H groups in total. The highest BCUT2D eigenvalue weighted by Crippen LogP contribution is 2.44. The molecule has 0 spiro atoms. The zero-order valence-electron chi connectivity index (χ0n) is 9.79. The summed E-state index contributed by atoms with van der Waals surface area (Å²) in [5, 5.41) is 6.11. The molecule has 16 heavy (non-hydrogen) atoms. The van der Waals surface area contributed by atoms with Crippen LogP contribution in [0, 0.1) is 5.41 Å². The lowest BCUT2D eigenvalue weighted by Crippen LogP contribution is -2.31. The molecule has 1 unspecified atom stereocenters. The largest absolute Gasteiger partial charge is 0.325 e. The van der Waals surface area contributed by atoms with Gasteiger partial charge in [0.25, 0.3) is 0 Å². The fourth-order valence-electron chi connectivity index (χ4n) is 1.76. The smallest absolute Gasteiger partial charge is 0.238 e. The topological polar surface area (TPSA) is 41.1 Å². The molecule has 86 valence electrons. The zero-order valence-corrected chi connectivity index (χ0v) is 9.79. The lowest BCUT2D eigenvalue weighted by atomic mass is 10.2. The molecule has 1 fully saturated rings. The van der Waals surface area contributed by atoms with Gasteiger partial charge in [-0.05, 0) is 24.0 Å². The first-order valence-corrected chi connectivity index (χ1v) is 5.66. The SMILES string of the molecule is CC1(C)CC1NCC(=O)Nc1ccccc1. The number of hydrogen-bond acceptors (Lipinski definition) is 2. The van der Waals surface area contributed by atoms with E-state index in [9.17, 15) is 4.79 Å². The lowest BCUT2D eigenvalue weighted by molar-refractivity contribution is -0.115. The van der Waals surface area contributed by atoms with Crippen LogP contribution < -0.4 is 10.6 Å². The van der Waals surface area contributed by atoms with E-state index in [4.69, 9.17) is 0 Å². The standard InChI is InChI=1S/C13H18N2O/c1-13(2)8-11(13)14-9-12(16)15-10-6-4-3-5-7-10/h3-7,11,14H,8-9H2,1-2H3,(H,15,16). The van der Waals surface area contributed by atoms with Crippen molar-refractivity contribution < 1.29 is 4.79 Å². The van der Waals surface area contributed by atoms with Crippen molar-refractivity contribution in [2.75, 3.05) is 11.9 Å². The number of hydrogen-bond donors (Lipinski definition) is 2. The van der Waals surface area contributed by atoms with Crippen molar-refractivity contribution in [2.45, 2.75) is 26.3 Å². The molecule has 0 aliphatic heterocycles. The molecule has 3 heteroatoms. The third-order valence-electron chi connectivity index (χ3n) is 3.08. The summed E-state index contributed by atoms with van der Waals surface area (Å²) in [7, 11) is 0. The fraction of sp³-hybridized carbons (Fsp3) is 0.462. The minimum absolute atomic E-state index is 0.0221. The van der Waals surface area contributed by atoms with Gasteiger partial charge in [0, 0.05) is 11.7 Å². The minimum Gasteiger partial charge on any atom is -0.325 e. The maximum absolute atomic E-state index is 11.6. The highest BCUT2D eigenvalue weighted by molar-refractivity contribution is 5.92. The maximum Gasteiger partial charge on any atom is 0.238 e. The van der Waals surface area contributed by atoms with Crippen molar-refractivity contribution >= 4 is 11.6 Å². The van der Waals surface area contributed by atoms with Crippen LogP contribution in [0.2, 0.25) is 0 Å². The summed E-state index contributed by atoms with van der Waals surface area (Å²) in [5.74, 6) is 0.0221. The number of nitrogens with one attached hydrogen (secondary N) is 2. The van der Waals surface area contributed by atoms with Gasteiger partial charge in [0.05, 0.1) is 6.54 Å². The van der Waals surface area contributed by atoms with Gasteiger partial charge < -0.3 is 10.6 Å². The number of benzene rings is 1. The van der Waals surface area contributed by atoms with Crippen molar-refractivity contribution in [3.8, 4) is 0 Å². The van der Waals surface area contributed by atoms with E-state index < -0.39 is 0 Å². The van der Waals surface area contributed by atoms with Gasteiger partial charge in [0.1, 0.15) is 0 Å². The molecule has 2 rings (SSSR count). The van der Waals surface area contributed by atoms with E-state index in [1.165, 1.54) is 0 Å². The number of rotatable bonds is 4. The average molecular weight is 218 g/mol. The minimum atomic E-state index is 0.0221. The number of amides is 1. The second-order valence-electron chi connectivity index (χ2n) is 5.04. The van der Waals surface area contributed by atoms with Gasteiger partial charge in [0.15, 0.2) is 0 Å². The van der Waals surface area contributed by atoms with Crippen LogP contribution >= 0.6 is 0 Å². The van der Waals surface area contributed by atoms with Gasteiger partial charge in [-0.3, -0.25) is 4.79 Å². The highest BCUT2D eigenvalue weighted by atomic mass is 16.1. The number of anilines is 1. The normalized spacial score (nSPS) is 21.5.